The molecular formula is C13H19N4O2S2+. The minimum atomic E-state index is -3.54. The predicted molar refractivity (Wildman–Crippen MR) is 82.0 cm³/mol. The van der Waals surface area contributed by atoms with E-state index >= 15 is 0 Å². The van der Waals surface area contributed by atoms with E-state index in [0.717, 1.165) is 31.2 Å². The second kappa shape index (κ2) is 5.96. The molecule has 0 saturated carbocycles. The molecular weight excluding hydrogens is 308 g/mol. The van der Waals surface area contributed by atoms with Crippen molar-refractivity contribution in [1.82, 2.24) is 13.5 Å². The zero-order valence-electron chi connectivity index (χ0n) is 11.9. The van der Waals surface area contributed by atoms with Crippen LogP contribution in [0.2, 0.25) is 0 Å². The molecule has 1 aromatic heterocycles. The number of aromatic nitrogens is 2. The molecule has 1 aliphatic heterocycles. The van der Waals surface area contributed by atoms with E-state index in [0.29, 0.717) is 23.6 Å². The summed E-state index contributed by atoms with van der Waals surface area (Å²) < 4.78 is 36.0. The Hall–Kier alpha value is -1.09. The summed E-state index contributed by atoms with van der Waals surface area (Å²) in [7, 11) is -3.54. The number of hydrogen-bond acceptors (Lipinski definition) is 5. The van der Waals surface area contributed by atoms with Crippen LogP contribution in [-0.2, 0) is 10.0 Å². The highest BCUT2D eigenvalue weighted by molar-refractivity contribution is 7.89. The summed E-state index contributed by atoms with van der Waals surface area (Å²) in [5.74, 6) is 0. The van der Waals surface area contributed by atoms with Gasteiger partial charge in [0.15, 0.2) is 0 Å². The number of rotatable bonds is 5. The highest BCUT2D eigenvalue weighted by Gasteiger charge is 2.29. The summed E-state index contributed by atoms with van der Waals surface area (Å²) in [5, 5.41) is 0. The van der Waals surface area contributed by atoms with E-state index in [1.807, 2.05) is 0 Å². The van der Waals surface area contributed by atoms with E-state index in [4.69, 9.17) is 0 Å². The molecule has 2 N–H and O–H groups in total. The van der Waals surface area contributed by atoms with Crippen LogP contribution < -0.4 is 9.62 Å². The fourth-order valence-electron chi connectivity index (χ4n) is 2.98. The number of nitrogens with one attached hydrogen (secondary N) is 2. The molecule has 3 rings (SSSR count). The largest absolute Gasteiger partial charge is 0.332 e. The van der Waals surface area contributed by atoms with Crippen molar-refractivity contribution in [2.45, 2.75) is 30.7 Å². The zero-order valence-corrected chi connectivity index (χ0v) is 13.5. The molecule has 1 fully saturated rings. The Kier molecular flexibility index (Phi) is 4.21. The molecule has 0 amide bonds. The predicted octanol–water partition coefficient (Wildman–Crippen LogP) is 0.0368. The van der Waals surface area contributed by atoms with Crippen LogP contribution in [-0.4, -0.2) is 42.8 Å². The monoisotopic (exact) mass is 327 g/mol. The number of hydrogen-bond donors (Lipinski definition) is 2. The molecule has 6 nitrogen and oxygen atoms in total. The molecule has 2 atom stereocenters. The average Bonchev–Trinajstić information content (AvgIpc) is 3.12. The summed E-state index contributed by atoms with van der Waals surface area (Å²) in [4.78, 5) is 1.70. The van der Waals surface area contributed by atoms with Crippen LogP contribution in [0.1, 0.15) is 19.8 Å². The topological polar surface area (TPSA) is 76.4 Å². The van der Waals surface area contributed by atoms with Crippen LogP contribution in [0.25, 0.3) is 11.0 Å². The van der Waals surface area contributed by atoms with Crippen molar-refractivity contribution in [3.05, 3.63) is 18.2 Å². The van der Waals surface area contributed by atoms with Crippen molar-refractivity contribution in [2.75, 3.05) is 19.6 Å². The average molecular weight is 327 g/mol. The number of benzene rings is 1. The van der Waals surface area contributed by atoms with Gasteiger partial charge in [0.2, 0.25) is 10.0 Å². The van der Waals surface area contributed by atoms with Gasteiger partial charge in [-0.25, -0.2) is 13.1 Å². The lowest BCUT2D eigenvalue weighted by Gasteiger charge is -2.20. The maximum absolute atomic E-state index is 12.5. The van der Waals surface area contributed by atoms with Crippen LogP contribution in [0.15, 0.2) is 23.1 Å². The molecule has 114 valence electrons. The van der Waals surface area contributed by atoms with Crippen molar-refractivity contribution in [2.24, 2.45) is 0 Å². The van der Waals surface area contributed by atoms with Gasteiger partial charge in [-0.05, 0) is 19.1 Å². The molecule has 8 heteroatoms. The van der Waals surface area contributed by atoms with Gasteiger partial charge in [0.1, 0.15) is 22.0 Å². The molecule has 21 heavy (non-hydrogen) atoms. The Bertz CT molecular complexity index is 729. The Morgan fingerprint density at radius 3 is 3.10 bits per heavy atom. The fourth-order valence-corrected chi connectivity index (χ4v) is 4.83. The van der Waals surface area contributed by atoms with E-state index in [9.17, 15) is 8.42 Å². The van der Waals surface area contributed by atoms with E-state index in [-0.39, 0.29) is 4.90 Å². The number of quaternary nitrogens is 1. The molecule has 1 saturated heterocycles. The van der Waals surface area contributed by atoms with Crippen LogP contribution in [0.5, 0.6) is 0 Å². The van der Waals surface area contributed by atoms with Gasteiger partial charge in [0.05, 0.1) is 31.4 Å². The zero-order chi connectivity index (χ0) is 14.9. The first-order valence-electron chi connectivity index (χ1n) is 7.17. The minimum absolute atomic E-state index is 0.227. The van der Waals surface area contributed by atoms with Gasteiger partial charge in [-0.2, -0.15) is 8.75 Å². The van der Waals surface area contributed by atoms with Gasteiger partial charge in [-0.3, -0.25) is 0 Å². The van der Waals surface area contributed by atoms with Gasteiger partial charge < -0.3 is 4.90 Å². The molecule has 2 aromatic rings. The van der Waals surface area contributed by atoms with Crippen molar-refractivity contribution in [1.29, 1.82) is 0 Å². The van der Waals surface area contributed by atoms with Gasteiger partial charge >= 0.3 is 0 Å². The third-order valence-corrected chi connectivity index (χ3v) is 6.14. The van der Waals surface area contributed by atoms with Gasteiger partial charge in [0.25, 0.3) is 0 Å². The van der Waals surface area contributed by atoms with Crippen LogP contribution in [0.3, 0.4) is 0 Å². The Morgan fingerprint density at radius 1 is 1.43 bits per heavy atom. The van der Waals surface area contributed by atoms with E-state index in [1.165, 1.54) is 11.3 Å². The standard InChI is InChI=1S/C13H18N4O2S2/c1-2-17-8-4-5-10(17)9-14-21(18,19)12-7-3-6-11-13(12)16-20-15-11/h3,6-7,10,14H,2,4-5,8-9H2,1H3/p+1. The summed E-state index contributed by atoms with van der Waals surface area (Å²) in [6.45, 7) is 4.80. The SMILES string of the molecule is CC[NH+]1CCCC1CNS(=O)(=O)c1cccc2nsnc12. The van der Waals surface area contributed by atoms with Crippen LogP contribution >= 0.6 is 11.7 Å². The van der Waals surface area contributed by atoms with E-state index in [2.05, 4.69) is 20.4 Å². The number of fused-ring (bicyclic) bond motifs is 1. The highest BCUT2D eigenvalue weighted by Crippen LogP contribution is 2.20. The van der Waals surface area contributed by atoms with Gasteiger partial charge in [0, 0.05) is 12.8 Å². The van der Waals surface area contributed by atoms with Crippen molar-refractivity contribution in [3.63, 3.8) is 0 Å². The summed E-state index contributed by atoms with van der Waals surface area (Å²) >= 11 is 1.03. The van der Waals surface area contributed by atoms with E-state index in [1.54, 1.807) is 18.2 Å². The second-order valence-electron chi connectivity index (χ2n) is 5.34. The number of likely N-dealkylation sites (tertiary alicyclic amines) is 1. The quantitative estimate of drug-likeness (QED) is 0.813. The Balaban J connectivity index is 1.79. The molecule has 0 aliphatic carbocycles. The first-order chi connectivity index (χ1) is 10.1. The number of sulfonamides is 1. The minimum Gasteiger partial charge on any atom is -0.332 e. The third-order valence-electron chi connectivity index (χ3n) is 4.14. The molecule has 2 heterocycles. The second-order valence-corrected chi connectivity index (χ2v) is 7.60. The molecule has 0 bridgehead atoms. The van der Waals surface area contributed by atoms with Gasteiger partial charge in [-0.1, -0.05) is 6.07 Å². The first kappa shape index (κ1) is 14.8. The molecule has 0 radical (unpaired) electrons. The third kappa shape index (κ3) is 2.94. The van der Waals surface area contributed by atoms with Crippen molar-refractivity contribution < 1.29 is 13.3 Å². The molecule has 1 aliphatic rings. The molecule has 1 aromatic carbocycles. The smallest absolute Gasteiger partial charge is 0.243 e. The lowest BCUT2D eigenvalue weighted by molar-refractivity contribution is -0.909. The van der Waals surface area contributed by atoms with Crippen LogP contribution in [0.4, 0.5) is 0 Å². The molecule has 2 unspecified atom stereocenters. The summed E-state index contributed by atoms with van der Waals surface area (Å²) in [5.41, 5.74) is 1.09. The van der Waals surface area contributed by atoms with Crippen molar-refractivity contribution in [3.8, 4) is 0 Å². The normalized spacial score (nSPS) is 22.9. The first-order valence-corrected chi connectivity index (χ1v) is 9.38. The number of nitrogens with zero attached hydrogens (tertiary/aromatic N) is 2. The Labute approximate surface area is 128 Å². The summed E-state index contributed by atoms with van der Waals surface area (Å²) in [6, 6.07) is 5.44. The highest BCUT2D eigenvalue weighted by atomic mass is 32.2. The fraction of sp³-hybridized carbons (Fsp3) is 0.538. The lowest BCUT2D eigenvalue weighted by Crippen LogP contribution is -3.14. The maximum Gasteiger partial charge on any atom is 0.243 e. The Morgan fingerprint density at radius 2 is 2.29 bits per heavy atom. The van der Waals surface area contributed by atoms with Crippen molar-refractivity contribution >= 4 is 32.8 Å². The summed E-state index contributed by atoms with van der Waals surface area (Å²) in [6.07, 6.45) is 2.25. The van der Waals surface area contributed by atoms with Crippen LogP contribution in [0, 0.1) is 0 Å². The number of likely N-dealkylation sites (N-methyl/N-ethyl adjacent to an activating group) is 1. The lowest BCUT2D eigenvalue weighted by atomic mass is 10.2. The maximum atomic E-state index is 12.5. The molecule has 0 spiro atoms. The van der Waals surface area contributed by atoms with Gasteiger partial charge in [-0.15, -0.1) is 0 Å². The van der Waals surface area contributed by atoms with E-state index < -0.39 is 10.0 Å².